The van der Waals surface area contributed by atoms with E-state index in [-0.39, 0.29) is 35.6 Å². The third-order valence-electron chi connectivity index (χ3n) is 10.6. The van der Waals surface area contributed by atoms with Crippen LogP contribution in [-0.2, 0) is 19.2 Å². The minimum Gasteiger partial charge on any atom is -0.508 e. The number of carbonyl (C=O) groups is 4. The molecular formula is C39H30Cl2FN3O6. The van der Waals surface area contributed by atoms with Gasteiger partial charge in [-0.3, -0.25) is 24.1 Å². The minimum absolute atomic E-state index is 0.0576. The van der Waals surface area contributed by atoms with Gasteiger partial charge in [0.1, 0.15) is 17.3 Å². The topological polar surface area (TPSA) is 116 Å². The summed E-state index contributed by atoms with van der Waals surface area (Å²) in [5.41, 5.74) is 2.69. The Balaban J connectivity index is 1.22. The predicted octanol–water partition coefficient (Wildman–Crippen LogP) is 7.05. The summed E-state index contributed by atoms with van der Waals surface area (Å²) in [6.45, 7) is 0. The first-order chi connectivity index (χ1) is 24.5. The van der Waals surface area contributed by atoms with E-state index >= 15 is 0 Å². The number of allylic oxidation sites excluding steroid dienone is 2. The van der Waals surface area contributed by atoms with Crippen LogP contribution in [0.2, 0.25) is 0 Å². The van der Waals surface area contributed by atoms with Crippen molar-refractivity contribution in [3.63, 3.8) is 0 Å². The molecule has 2 saturated heterocycles. The van der Waals surface area contributed by atoms with Crippen LogP contribution in [0.4, 0.5) is 27.1 Å². The monoisotopic (exact) mass is 725 g/mol. The van der Waals surface area contributed by atoms with E-state index in [1.165, 1.54) is 30.2 Å². The number of nitrogens with one attached hydrogen (secondary N) is 1. The van der Waals surface area contributed by atoms with Gasteiger partial charge in [-0.15, -0.1) is 23.2 Å². The second-order valence-electron chi connectivity index (χ2n) is 13.2. The Hall–Kier alpha value is -5.19. The quantitative estimate of drug-likeness (QED) is 0.124. The van der Waals surface area contributed by atoms with Gasteiger partial charge in [0, 0.05) is 22.9 Å². The van der Waals surface area contributed by atoms with Gasteiger partial charge in [-0.2, -0.15) is 0 Å². The summed E-state index contributed by atoms with van der Waals surface area (Å²) in [6, 6.07) is 25.8. The Morgan fingerprint density at radius 2 is 1.43 bits per heavy atom. The number of fused-ring (bicyclic) bond motifs is 4. The molecule has 2 heterocycles. The molecule has 1 saturated carbocycles. The van der Waals surface area contributed by atoms with Gasteiger partial charge in [0.2, 0.25) is 11.8 Å². The summed E-state index contributed by atoms with van der Waals surface area (Å²) in [4.78, 5) is 55.2. The molecule has 4 aromatic carbocycles. The Bertz CT molecular complexity index is 2150. The molecule has 2 aliphatic heterocycles. The molecule has 4 aliphatic rings. The lowest BCUT2D eigenvalue weighted by Crippen LogP contribution is -2.60. The van der Waals surface area contributed by atoms with Crippen LogP contribution < -0.4 is 19.9 Å². The molecular weight excluding hydrogens is 696 g/mol. The highest BCUT2D eigenvalue weighted by atomic mass is 35.5. The van der Waals surface area contributed by atoms with Crippen molar-refractivity contribution in [1.82, 2.24) is 0 Å². The molecule has 258 valence electrons. The van der Waals surface area contributed by atoms with Gasteiger partial charge in [0.25, 0.3) is 11.8 Å². The van der Waals surface area contributed by atoms with Crippen LogP contribution in [0, 0.1) is 23.6 Å². The maximum atomic E-state index is 14.6. The van der Waals surface area contributed by atoms with Gasteiger partial charge < -0.3 is 15.2 Å². The Morgan fingerprint density at radius 1 is 0.784 bits per heavy atom. The van der Waals surface area contributed by atoms with E-state index in [1.54, 1.807) is 42.5 Å². The molecule has 2 aliphatic carbocycles. The van der Waals surface area contributed by atoms with Crippen LogP contribution in [0.3, 0.4) is 0 Å². The summed E-state index contributed by atoms with van der Waals surface area (Å²) >= 11 is 14.8. The lowest BCUT2D eigenvalue weighted by atomic mass is 9.56. The standard InChI is InChI=1S/C39H30Cl2FN3O6/c1-51-30-9-5-8-29(46)32(30)33-26-18-19-27-31(35(48)44(34(27)47)24-16-12-23(13-17-24)43-22-6-3-2-4-7-22)28(26)20-38(40)36(49)45(37(50)39(33,38)41)25-14-10-21(42)11-15-25/h2-18,27-28,31,33,43,46H,19-20H2,1H3. The second kappa shape index (κ2) is 12.0. The number of ether oxygens (including phenoxy) is 1. The van der Waals surface area contributed by atoms with Gasteiger partial charge in [-0.25, -0.2) is 9.29 Å². The second-order valence-corrected chi connectivity index (χ2v) is 14.4. The van der Waals surface area contributed by atoms with Crippen molar-refractivity contribution >= 4 is 69.6 Å². The van der Waals surface area contributed by atoms with Crippen molar-refractivity contribution in [2.75, 3.05) is 22.2 Å². The largest absolute Gasteiger partial charge is 0.508 e. The Morgan fingerprint density at radius 3 is 2.12 bits per heavy atom. The zero-order valence-corrected chi connectivity index (χ0v) is 28.6. The van der Waals surface area contributed by atoms with Crippen LogP contribution in [0.25, 0.3) is 0 Å². The summed E-state index contributed by atoms with van der Waals surface area (Å²) in [5.74, 6) is -7.05. The molecule has 0 bridgehead atoms. The lowest BCUT2D eigenvalue weighted by Gasteiger charge is -2.50. The average Bonchev–Trinajstić information content (AvgIpc) is 3.47. The zero-order chi connectivity index (χ0) is 35.8. The fourth-order valence-corrected chi connectivity index (χ4v) is 9.27. The third kappa shape index (κ3) is 4.73. The van der Waals surface area contributed by atoms with E-state index < -0.39 is 62.9 Å². The van der Waals surface area contributed by atoms with Crippen LogP contribution in [-0.4, -0.2) is 45.6 Å². The Kier molecular flexibility index (Phi) is 7.73. The molecule has 0 spiro atoms. The number of phenolic OH excluding ortho intramolecular Hbond substituents is 1. The van der Waals surface area contributed by atoms with Crippen molar-refractivity contribution in [3.8, 4) is 11.5 Å². The summed E-state index contributed by atoms with van der Waals surface area (Å²) in [7, 11) is 1.39. The van der Waals surface area contributed by atoms with E-state index in [1.807, 2.05) is 30.3 Å². The maximum absolute atomic E-state index is 14.6. The van der Waals surface area contributed by atoms with E-state index in [0.29, 0.717) is 11.3 Å². The minimum atomic E-state index is -2.21. The number of methoxy groups -OCH3 is 1. The first-order valence-electron chi connectivity index (χ1n) is 16.4. The van der Waals surface area contributed by atoms with E-state index in [4.69, 9.17) is 27.9 Å². The Labute approximate surface area is 302 Å². The molecule has 12 heteroatoms. The molecule has 51 heavy (non-hydrogen) atoms. The number of halogens is 3. The van der Waals surface area contributed by atoms with Gasteiger partial charge in [0.05, 0.1) is 30.3 Å². The fraction of sp³-hybridized carbons (Fsp3) is 0.231. The van der Waals surface area contributed by atoms with Crippen molar-refractivity contribution in [1.29, 1.82) is 0 Å². The van der Waals surface area contributed by atoms with Crippen molar-refractivity contribution in [2.24, 2.45) is 17.8 Å². The molecule has 0 aromatic heterocycles. The van der Waals surface area contributed by atoms with Crippen molar-refractivity contribution in [3.05, 3.63) is 120 Å². The lowest BCUT2D eigenvalue weighted by molar-refractivity contribution is -0.125. The fourth-order valence-electron chi connectivity index (χ4n) is 8.35. The molecule has 6 atom stereocenters. The van der Waals surface area contributed by atoms with Gasteiger partial charge >= 0.3 is 0 Å². The summed E-state index contributed by atoms with van der Waals surface area (Å²) in [6.07, 6.45) is 1.67. The number of hydrogen-bond donors (Lipinski definition) is 2. The van der Waals surface area contributed by atoms with Gasteiger partial charge in [-0.1, -0.05) is 35.9 Å². The predicted molar refractivity (Wildman–Crippen MR) is 190 cm³/mol. The summed E-state index contributed by atoms with van der Waals surface area (Å²) < 4.78 is 19.6. The van der Waals surface area contributed by atoms with Gasteiger partial charge in [-0.05, 0) is 91.6 Å². The number of anilines is 4. The number of nitrogens with zero attached hydrogens (tertiary/aromatic N) is 2. The molecule has 3 fully saturated rings. The number of alkyl halides is 2. The number of rotatable bonds is 6. The molecule has 4 amide bonds. The number of aromatic hydroxyl groups is 1. The number of benzene rings is 4. The number of amides is 4. The number of hydrogen-bond acceptors (Lipinski definition) is 7. The van der Waals surface area contributed by atoms with E-state index in [0.717, 1.165) is 28.4 Å². The molecule has 2 N–H and O–H groups in total. The normalized spacial score (nSPS) is 28.3. The molecule has 6 unspecified atom stereocenters. The molecule has 9 nitrogen and oxygen atoms in total. The zero-order valence-electron chi connectivity index (χ0n) is 27.1. The van der Waals surface area contributed by atoms with Crippen LogP contribution in [0.5, 0.6) is 11.5 Å². The maximum Gasteiger partial charge on any atom is 0.258 e. The number of para-hydroxylation sites is 1. The van der Waals surface area contributed by atoms with Gasteiger partial charge in [0.15, 0.2) is 9.75 Å². The average molecular weight is 727 g/mol. The first-order valence-corrected chi connectivity index (χ1v) is 17.1. The van der Waals surface area contributed by atoms with E-state index in [9.17, 15) is 28.7 Å². The molecule has 8 rings (SSSR count). The van der Waals surface area contributed by atoms with Crippen molar-refractivity contribution < 1.29 is 33.4 Å². The highest BCUT2D eigenvalue weighted by Gasteiger charge is 2.77. The van der Waals surface area contributed by atoms with E-state index in [2.05, 4.69) is 5.32 Å². The molecule has 0 radical (unpaired) electrons. The summed E-state index contributed by atoms with van der Waals surface area (Å²) in [5, 5.41) is 14.6. The molecule has 4 aromatic rings. The highest BCUT2D eigenvalue weighted by molar-refractivity contribution is 6.58. The van der Waals surface area contributed by atoms with Crippen LogP contribution in [0.1, 0.15) is 24.3 Å². The third-order valence-corrected chi connectivity index (χ3v) is 12.0. The van der Waals surface area contributed by atoms with Crippen LogP contribution >= 0.6 is 23.2 Å². The number of phenols is 1. The van der Waals surface area contributed by atoms with Crippen LogP contribution in [0.15, 0.2) is 109 Å². The SMILES string of the molecule is COc1cccc(O)c1C1C2=CCC3C(=O)N(c4ccc(Nc5ccccc5)cc4)C(=O)C3C2CC2(Cl)C(=O)N(c3ccc(F)cc3)C(=O)C12Cl. The first kappa shape index (κ1) is 33.0. The number of carbonyl (C=O) groups excluding carboxylic acids is 4. The van der Waals surface area contributed by atoms with Crippen molar-refractivity contribution in [2.45, 2.75) is 28.5 Å². The smallest absolute Gasteiger partial charge is 0.258 e. The number of imide groups is 2. The highest BCUT2D eigenvalue weighted by Crippen LogP contribution is 2.67.